The van der Waals surface area contributed by atoms with Gasteiger partial charge in [-0.05, 0) is 19.9 Å². The molecule has 1 unspecified atom stereocenters. The molecule has 0 spiro atoms. The van der Waals surface area contributed by atoms with Crippen LogP contribution in [0.4, 0.5) is 0 Å². The summed E-state index contributed by atoms with van der Waals surface area (Å²) in [5, 5.41) is 7.44. The quantitative estimate of drug-likeness (QED) is 0.695. The molecule has 1 atom stereocenters. The normalized spacial score (nSPS) is 13.0. The standard InChI is InChI=1S/C11H21N3O/c1-4-6-15-7-5-11(12-2)10-8-13-14(3)9-10/h8-9,11-12H,4-7H2,1-3H3. The molecule has 4 heteroatoms. The van der Waals surface area contributed by atoms with E-state index in [1.54, 1.807) is 0 Å². The van der Waals surface area contributed by atoms with E-state index in [1.807, 2.05) is 31.2 Å². The van der Waals surface area contributed by atoms with Gasteiger partial charge in [-0.2, -0.15) is 5.10 Å². The molecule has 0 aliphatic rings. The Hall–Kier alpha value is -0.870. The zero-order valence-electron chi connectivity index (χ0n) is 9.86. The van der Waals surface area contributed by atoms with Crippen molar-refractivity contribution in [3.8, 4) is 0 Å². The topological polar surface area (TPSA) is 39.1 Å². The molecule has 1 aromatic heterocycles. The largest absolute Gasteiger partial charge is 0.381 e. The lowest BCUT2D eigenvalue weighted by Crippen LogP contribution is -2.18. The third-order valence-corrected chi connectivity index (χ3v) is 2.38. The van der Waals surface area contributed by atoms with Crippen molar-refractivity contribution in [2.45, 2.75) is 25.8 Å². The van der Waals surface area contributed by atoms with Gasteiger partial charge in [0.15, 0.2) is 0 Å². The summed E-state index contributed by atoms with van der Waals surface area (Å²) in [6.45, 7) is 3.77. The summed E-state index contributed by atoms with van der Waals surface area (Å²) >= 11 is 0. The molecule has 1 rings (SSSR count). The Morgan fingerprint density at radius 3 is 2.87 bits per heavy atom. The van der Waals surface area contributed by atoms with Gasteiger partial charge in [0.1, 0.15) is 0 Å². The second kappa shape index (κ2) is 6.58. The molecule has 15 heavy (non-hydrogen) atoms. The van der Waals surface area contributed by atoms with E-state index in [-0.39, 0.29) is 0 Å². The molecule has 86 valence electrons. The van der Waals surface area contributed by atoms with Gasteiger partial charge >= 0.3 is 0 Å². The van der Waals surface area contributed by atoms with Crippen LogP contribution in [-0.2, 0) is 11.8 Å². The maximum absolute atomic E-state index is 5.48. The zero-order valence-corrected chi connectivity index (χ0v) is 9.86. The van der Waals surface area contributed by atoms with Gasteiger partial charge in [0.05, 0.1) is 6.20 Å². The van der Waals surface area contributed by atoms with Crippen LogP contribution in [0, 0.1) is 0 Å². The molecule has 0 amide bonds. The van der Waals surface area contributed by atoms with Gasteiger partial charge in [-0.3, -0.25) is 4.68 Å². The third kappa shape index (κ3) is 4.01. The summed E-state index contributed by atoms with van der Waals surface area (Å²) in [6.07, 6.45) is 6.02. The SMILES string of the molecule is CCCOCCC(NC)c1cnn(C)c1. The van der Waals surface area contributed by atoms with Crippen LogP contribution in [0.25, 0.3) is 0 Å². The Kier molecular flexibility index (Phi) is 5.36. The van der Waals surface area contributed by atoms with Gasteiger partial charge in [0.25, 0.3) is 0 Å². The molecular weight excluding hydrogens is 190 g/mol. The Morgan fingerprint density at radius 2 is 2.33 bits per heavy atom. The fourth-order valence-corrected chi connectivity index (χ4v) is 1.55. The summed E-state index contributed by atoms with van der Waals surface area (Å²) in [7, 11) is 3.90. The van der Waals surface area contributed by atoms with Crippen molar-refractivity contribution in [2.75, 3.05) is 20.3 Å². The van der Waals surface area contributed by atoms with Crippen molar-refractivity contribution < 1.29 is 4.74 Å². The van der Waals surface area contributed by atoms with E-state index in [9.17, 15) is 0 Å². The number of hydrogen-bond donors (Lipinski definition) is 1. The molecule has 1 heterocycles. The minimum absolute atomic E-state index is 0.343. The maximum atomic E-state index is 5.48. The maximum Gasteiger partial charge on any atom is 0.0537 e. The van der Waals surface area contributed by atoms with E-state index in [1.165, 1.54) is 5.56 Å². The minimum atomic E-state index is 0.343. The van der Waals surface area contributed by atoms with Gasteiger partial charge in [0, 0.05) is 38.1 Å². The van der Waals surface area contributed by atoms with Crippen LogP contribution in [0.3, 0.4) is 0 Å². The molecule has 4 nitrogen and oxygen atoms in total. The van der Waals surface area contributed by atoms with Gasteiger partial charge in [-0.15, -0.1) is 0 Å². The van der Waals surface area contributed by atoms with Crippen molar-refractivity contribution >= 4 is 0 Å². The van der Waals surface area contributed by atoms with Crippen LogP contribution in [-0.4, -0.2) is 30.0 Å². The van der Waals surface area contributed by atoms with Crippen molar-refractivity contribution in [3.05, 3.63) is 18.0 Å². The van der Waals surface area contributed by atoms with E-state index in [0.29, 0.717) is 6.04 Å². The highest BCUT2D eigenvalue weighted by Crippen LogP contribution is 2.14. The Morgan fingerprint density at radius 1 is 1.53 bits per heavy atom. The van der Waals surface area contributed by atoms with E-state index < -0.39 is 0 Å². The number of aryl methyl sites for hydroxylation is 1. The van der Waals surface area contributed by atoms with Gasteiger partial charge in [-0.25, -0.2) is 0 Å². The molecule has 1 N–H and O–H groups in total. The molecule has 0 aliphatic heterocycles. The summed E-state index contributed by atoms with van der Waals surface area (Å²) < 4.78 is 7.30. The van der Waals surface area contributed by atoms with Gasteiger partial charge in [-0.1, -0.05) is 6.92 Å². The van der Waals surface area contributed by atoms with E-state index in [4.69, 9.17) is 4.74 Å². The molecule has 0 bridgehead atoms. The lowest BCUT2D eigenvalue weighted by molar-refractivity contribution is 0.125. The first-order valence-corrected chi connectivity index (χ1v) is 5.51. The second-order valence-corrected chi connectivity index (χ2v) is 3.69. The highest BCUT2D eigenvalue weighted by molar-refractivity contribution is 5.09. The van der Waals surface area contributed by atoms with E-state index in [2.05, 4.69) is 17.3 Å². The van der Waals surface area contributed by atoms with Gasteiger partial charge in [0.2, 0.25) is 0 Å². The van der Waals surface area contributed by atoms with Crippen LogP contribution < -0.4 is 5.32 Å². The van der Waals surface area contributed by atoms with Crippen LogP contribution >= 0.6 is 0 Å². The number of nitrogens with zero attached hydrogens (tertiary/aromatic N) is 2. The predicted molar refractivity (Wildman–Crippen MR) is 60.7 cm³/mol. The highest BCUT2D eigenvalue weighted by atomic mass is 16.5. The van der Waals surface area contributed by atoms with Gasteiger partial charge < -0.3 is 10.1 Å². The molecule has 0 aliphatic carbocycles. The molecule has 0 fully saturated rings. The van der Waals surface area contributed by atoms with Crippen molar-refractivity contribution in [1.29, 1.82) is 0 Å². The predicted octanol–water partition coefficient (Wildman–Crippen LogP) is 1.50. The van der Waals surface area contributed by atoms with E-state index in [0.717, 1.165) is 26.1 Å². The molecule has 1 aromatic rings. The Balaban J connectivity index is 2.35. The number of nitrogens with one attached hydrogen (secondary N) is 1. The Labute approximate surface area is 91.6 Å². The lowest BCUT2D eigenvalue weighted by atomic mass is 10.1. The van der Waals surface area contributed by atoms with Crippen LogP contribution in [0.15, 0.2) is 12.4 Å². The fraction of sp³-hybridized carbons (Fsp3) is 0.727. The summed E-state index contributed by atoms with van der Waals surface area (Å²) in [5.41, 5.74) is 1.22. The van der Waals surface area contributed by atoms with Crippen molar-refractivity contribution in [1.82, 2.24) is 15.1 Å². The van der Waals surface area contributed by atoms with E-state index >= 15 is 0 Å². The molecule has 0 saturated heterocycles. The second-order valence-electron chi connectivity index (χ2n) is 3.69. The first-order valence-electron chi connectivity index (χ1n) is 5.51. The van der Waals surface area contributed by atoms with Crippen molar-refractivity contribution in [2.24, 2.45) is 7.05 Å². The average molecular weight is 211 g/mol. The molecule has 0 aromatic carbocycles. The van der Waals surface area contributed by atoms with Crippen LogP contribution in [0.1, 0.15) is 31.4 Å². The minimum Gasteiger partial charge on any atom is -0.381 e. The van der Waals surface area contributed by atoms with Crippen molar-refractivity contribution in [3.63, 3.8) is 0 Å². The number of aromatic nitrogens is 2. The summed E-state index contributed by atoms with van der Waals surface area (Å²) in [5.74, 6) is 0. The molecular formula is C11H21N3O. The molecule has 0 saturated carbocycles. The lowest BCUT2D eigenvalue weighted by Gasteiger charge is -2.14. The number of ether oxygens (including phenoxy) is 1. The number of rotatable bonds is 7. The zero-order chi connectivity index (χ0) is 11.1. The third-order valence-electron chi connectivity index (χ3n) is 2.38. The fourth-order valence-electron chi connectivity index (χ4n) is 1.55. The summed E-state index contributed by atoms with van der Waals surface area (Å²) in [4.78, 5) is 0. The summed E-state index contributed by atoms with van der Waals surface area (Å²) in [6, 6.07) is 0.343. The molecule has 0 radical (unpaired) electrons. The van der Waals surface area contributed by atoms with Crippen LogP contribution in [0.2, 0.25) is 0 Å². The number of hydrogen-bond acceptors (Lipinski definition) is 3. The Bertz CT molecular complexity index is 273. The average Bonchev–Trinajstić information content (AvgIpc) is 2.65. The first kappa shape index (κ1) is 12.2. The van der Waals surface area contributed by atoms with Crippen LogP contribution in [0.5, 0.6) is 0 Å². The monoisotopic (exact) mass is 211 g/mol. The highest BCUT2D eigenvalue weighted by Gasteiger charge is 2.10. The smallest absolute Gasteiger partial charge is 0.0537 e. The first-order chi connectivity index (χ1) is 7.27.